The van der Waals surface area contributed by atoms with E-state index in [9.17, 15) is 4.79 Å². The van der Waals surface area contributed by atoms with Crippen molar-refractivity contribution in [2.45, 2.75) is 26.9 Å². The van der Waals surface area contributed by atoms with Crippen LogP contribution in [0, 0.1) is 13.8 Å². The van der Waals surface area contributed by atoms with Gasteiger partial charge in [-0.3, -0.25) is 4.79 Å². The summed E-state index contributed by atoms with van der Waals surface area (Å²) in [7, 11) is 1.59. The molecule has 2 rings (SSSR count). The Morgan fingerprint density at radius 1 is 1.09 bits per heavy atom. The number of amides is 1. The van der Waals surface area contributed by atoms with E-state index in [1.54, 1.807) is 26.2 Å². The highest BCUT2D eigenvalue weighted by molar-refractivity contribution is 5.94. The minimum absolute atomic E-state index is 0.184. The van der Waals surface area contributed by atoms with E-state index >= 15 is 0 Å². The van der Waals surface area contributed by atoms with E-state index in [4.69, 9.17) is 9.47 Å². The maximum atomic E-state index is 12.3. The number of aryl methyl sites for hydroxylation is 1. The summed E-state index contributed by atoms with van der Waals surface area (Å²) >= 11 is 0. The van der Waals surface area contributed by atoms with Crippen LogP contribution in [-0.4, -0.2) is 19.1 Å². The van der Waals surface area contributed by atoms with E-state index in [0.717, 1.165) is 16.8 Å². The molecule has 4 nitrogen and oxygen atoms in total. The average molecular weight is 299 g/mol. The number of benzene rings is 2. The van der Waals surface area contributed by atoms with Crippen LogP contribution < -0.4 is 14.8 Å². The van der Waals surface area contributed by atoms with Crippen LogP contribution >= 0.6 is 0 Å². The van der Waals surface area contributed by atoms with Crippen LogP contribution in [0.1, 0.15) is 18.1 Å². The molecule has 0 bridgehead atoms. The molecule has 0 saturated carbocycles. The number of carbonyl (C=O) groups excluding carboxylic acids is 1. The lowest BCUT2D eigenvalue weighted by Gasteiger charge is -2.16. The number of ether oxygens (including phenoxy) is 2. The Morgan fingerprint density at radius 2 is 1.77 bits per heavy atom. The second kappa shape index (κ2) is 6.98. The first-order valence-electron chi connectivity index (χ1n) is 7.19. The van der Waals surface area contributed by atoms with Crippen molar-refractivity contribution in [2.75, 3.05) is 12.4 Å². The van der Waals surface area contributed by atoms with E-state index in [1.807, 2.05) is 44.2 Å². The molecular formula is C18H21NO3. The van der Waals surface area contributed by atoms with Crippen LogP contribution in [0.3, 0.4) is 0 Å². The van der Waals surface area contributed by atoms with Gasteiger partial charge in [-0.25, -0.2) is 0 Å². The van der Waals surface area contributed by atoms with E-state index in [0.29, 0.717) is 11.5 Å². The van der Waals surface area contributed by atoms with Gasteiger partial charge in [0.2, 0.25) is 0 Å². The molecule has 0 spiro atoms. The van der Waals surface area contributed by atoms with Gasteiger partial charge in [-0.05, 0) is 50.1 Å². The van der Waals surface area contributed by atoms with Gasteiger partial charge in [-0.15, -0.1) is 0 Å². The molecule has 2 aromatic rings. The zero-order chi connectivity index (χ0) is 16.1. The highest BCUT2D eigenvalue weighted by Gasteiger charge is 2.16. The second-order valence-electron chi connectivity index (χ2n) is 5.18. The van der Waals surface area contributed by atoms with Crippen molar-refractivity contribution in [3.05, 3.63) is 53.6 Å². The molecule has 2 aromatic carbocycles. The van der Waals surface area contributed by atoms with Gasteiger partial charge in [-0.1, -0.05) is 18.2 Å². The van der Waals surface area contributed by atoms with Gasteiger partial charge < -0.3 is 14.8 Å². The molecule has 22 heavy (non-hydrogen) atoms. The summed E-state index contributed by atoms with van der Waals surface area (Å²) in [4.78, 5) is 12.3. The topological polar surface area (TPSA) is 47.6 Å². The Labute approximate surface area is 131 Å². The van der Waals surface area contributed by atoms with Crippen molar-refractivity contribution >= 4 is 11.6 Å². The molecule has 0 heterocycles. The largest absolute Gasteiger partial charge is 0.497 e. The zero-order valence-electron chi connectivity index (χ0n) is 13.3. The van der Waals surface area contributed by atoms with Gasteiger partial charge in [0.15, 0.2) is 6.10 Å². The van der Waals surface area contributed by atoms with Crippen LogP contribution in [0.4, 0.5) is 5.69 Å². The number of anilines is 1. The lowest BCUT2D eigenvalue weighted by Crippen LogP contribution is -2.30. The van der Waals surface area contributed by atoms with E-state index in [-0.39, 0.29) is 5.91 Å². The average Bonchev–Trinajstić information content (AvgIpc) is 2.52. The summed E-state index contributed by atoms with van der Waals surface area (Å²) in [5.41, 5.74) is 3.01. The minimum atomic E-state index is -0.605. The lowest BCUT2D eigenvalue weighted by atomic mass is 10.1. The van der Waals surface area contributed by atoms with Gasteiger partial charge in [0.05, 0.1) is 7.11 Å². The van der Waals surface area contributed by atoms with Crippen LogP contribution in [-0.2, 0) is 4.79 Å². The first-order chi connectivity index (χ1) is 10.5. The van der Waals surface area contributed by atoms with Gasteiger partial charge in [0.1, 0.15) is 11.5 Å². The van der Waals surface area contributed by atoms with Crippen molar-refractivity contribution in [2.24, 2.45) is 0 Å². The lowest BCUT2D eigenvalue weighted by molar-refractivity contribution is -0.122. The Kier molecular flexibility index (Phi) is 5.04. The molecule has 1 N–H and O–H groups in total. The van der Waals surface area contributed by atoms with E-state index < -0.39 is 6.10 Å². The van der Waals surface area contributed by atoms with Crippen molar-refractivity contribution in [3.8, 4) is 11.5 Å². The minimum Gasteiger partial charge on any atom is -0.497 e. The van der Waals surface area contributed by atoms with Crippen LogP contribution in [0.15, 0.2) is 42.5 Å². The summed E-state index contributed by atoms with van der Waals surface area (Å²) in [5.74, 6) is 1.11. The smallest absolute Gasteiger partial charge is 0.265 e. The molecule has 0 saturated heterocycles. The van der Waals surface area contributed by atoms with Gasteiger partial charge in [0.25, 0.3) is 5.91 Å². The first-order valence-corrected chi connectivity index (χ1v) is 7.19. The van der Waals surface area contributed by atoms with Gasteiger partial charge in [0, 0.05) is 11.8 Å². The Bertz CT molecular complexity index is 667. The third-order valence-electron chi connectivity index (χ3n) is 3.59. The molecule has 0 aliphatic rings. The van der Waals surface area contributed by atoms with Crippen molar-refractivity contribution in [3.63, 3.8) is 0 Å². The highest BCUT2D eigenvalue weighted by Crippen LogP contribution is 2.21. The van der Waals surface area contributed by atoms with Crippen molar-refractivity contribution in [1.82, 2.24) is 0 Å². The molecule has 0 aromatic heterocycles. The van der Waals surface area contributed by atoms with Crippen LogP contribution in [0.5, 0.6) is 11.5 Å². The summed E-state index contributed by atoms with van der Waals surface area (Å²) in [6.07, 6.45) is -0.605. The zero-order valence-corrected chi connectivity index (χ0v) is 13.3. The predicted octanol–water partition coefficient (Wildman–Crippen LogP) is 3.72. The molecular weight excluding hydrogens is 278 g/mol. The molecule has 1 unspecified atom stereocenters. The first kappa shape index (κ1) is 15.9. The molecule has 0 aliphatic carbocycles. The van der Waals surface area contributed by atoms with Gasteiger partial charge in [-0.2, -0.15) is 0 Å². The summed E-state index contributed by atoms with van der Waals surface area (Å²) in [6, 6.07) is 13.0. The van der Waals surface area contributed by atoms with Crippen LogP contribution in [0.2, 0.25) is 0 Å². The molecule has 1 amide bonds. The molecule has 4 heteroatoms. The number of hydrogen-bond acceptors (Lipinski definition) is 3. The quantitative estimate of drug-likeness (QED) is 0.915. The maximum absolute atomic E-state index is 12.3. The third kappa shape index (κ3) is 3.79. The number of hydrogen-bond donors (Lipinski definition) is 1. The normalized spacial score (nSPS) is 11.6. The summed E-state index contributed by atoms with van der Waals surface area (Å²) in [5, 5.41) is 2.90. The number of methoxy groups -OCH3 is 1. The summed E-state index contributed by atoms with van der Waals surface area (Å²) < 4.78 is 10.8. The highest BCUT2D eigenvalue weighted by atomic mass is 16.5. The Morgan fingerprint density at radius 3 is 2.50 bits per heavy atom. The predicted molar refractivity (Wildman–Crippen MR) is 87.6 cm³/mol. The molecule has 116 valence electrons. The maximum Gasteiger partial charge on any atom is 0.265 e. The molecule has 0 radical (unpaired) electrons. The van der Waals surface area contributed by atoms with Gasteiger partial charge >= 0.3 is 0 Å². The Hall–Kier alpha value is -2.49. The van der Waals surface area contributed by atoms with Crippen LogP contribution in [0.25, 0.3) is 0 Å². The fourth-order valence-electron chi connectivity index (χ4n) is 2.05. The SMILES string of the molecule is COc1cccc(OC(C)C(=O)Nc2cccc(C)c2C)c1. The number of rotatable bonds is 5. The fourth-order valence-corrected chi connectivity index (χ4v) is 2.05. The molecule has 0 fully saturated rings. The number of carbonyl (C=O) groups is 1. The standard InChI is InChI=1S/C18H21NO3/c1-12-7-5-10-17(13(12)2)19-18(20)14(3)22-16-9-6-8-15(11-16)21-4/h5-11,14H,1-4H3,(H,19,20). The van der Waals surface area contributed by atoms with Crippen molar-refractivity contribution < 1.29 is 14.3 Å². The van der Waals surface area contributed by atoms with E-state index in [2.05, 4.69) is 5.32 Å². The monoisotopic (exact) mass is 299 g/mol. The summed E-state index contributed by atoms with van der Waals surface area (Å²) in [6.45, 7) is 5.72. The van der Waals surface area contributed by atoms with E-state index in [1.165, 1.54) is 0 Å². The van der Waals surface area contributed by atoms with Crippen molar-refractivity contribution in [1.29, 1.82) is 0 Å². The third-order valence-corrected chi connectivity index (χ3v) is 3.59. The fraction of sp³-hybridized carbons (Fsp3) is 0.278. The Balaban J connectivity index is 2.04. The molecule has 0 aliphatic heterocycles. The second-order valence-corrected chi connectivity index (χ2v) is 5.18. The molecule has 1 atom stereocenters. The number of nitrogens with one attached hydrogen (secondary N) is 1.